The van der Waals surface area contributed by atoms with Gasteiger partial charge < -0.3 is 5.73 Å². The fraction of sp³-hybridized carbons (Fsp3) is 0.308. The van der Waals surface area contributed by atoms with Gasteiger partial charge in [-0.25, -0.2) is 0 Å². The summed E-state index contributed by atoms with van der Waals surface area (Å²) in [5.41, 5.74) is 8.74. The number of pyridine rings is 1. The first-order valence-electron chi connectivity index (χ1n) is 5.62. The van der Waals surface area contributed by atoms with Crippen LogP contribution in [0.3, 0.4) is 0 Å². The molecule has 0 aliphatic heterocycles. The molecule has 2 N–H and O–H groups in total. The molecule has 0 saturated heterocycles. The minimum absolute atomic E-state index is 0.0444. The van der Waals surface area contributed by atoms with Crippen molar-refractivity contribution in [1.82, 2.24) is 4.98 Å². The predicted molar refractivity (Wildman–Crippen MR) is 76.3 cm³/mol. The Morgan fingerprint density at radius 1 is 1.47 bits per heavy atom. The van der Waals surface area contributed by atoms with Gasteiger partial charge >= 0.3 is 0 Å². The van der Waals surface area contributed by atoms with Crippen LogP contribution in [0, 0.1) is 0 Å². The lowest BCUT2D eigenvalue weighted by molar-refractivity contribution is 0.716. The van der Waals surface area contributed by atoms with Crippen molar-refractivity contribution in [2.75, 3.05) is 0 Å². The minimum atomic E-state index is 0.0444. The maximum absolute atomic E-state index is 6.29. The van der Waals surface area contributed by atoms with Crippen molar-refractivity contribution in [3.63, 3.8) is 0 Å². The molecule has 1 atom stereocenters. The SMILES string of the molecule is CCc1cnccc1C(N)Cc1sccc1Br. The van der Waals surface area contributed by atoms with Crippen LogP contribution in [0.2, 0.25) is 0 Å². The lowest BCUT2D eigenvalue weighted by atomic mass is 9.99. The van der Waals surface area contributed by atoms with E-state index >= 15 is 0 Å². The highest BCUT2D eigenvalue weighted by atomic mass is 79.9. The van der Waals surface area contributed by atoms with Crippen LogP contribution in [0.25, 0.3) is 0 Å². The minimum Gasteiger partial charge on any atom is -0.324 e. The van der Waals surface area contributed by atoms with E-state index in [1.54, 1.807) is 11.3 Å². The topological polar surface area (TPSA) is 38.9 Å². The number of aryl methyl sites for hydroxylation is 1. The summed E-state index contributed by atoms with van der Waals surface area (Å²) in [7, 11) is 0. The second kappa shape index (κ2) is 5.76. The average Bonchev–Trinajstić information content (AvgIpc) is 2.75. The number of hydrogen-bond acceptors (Lipinski definition) is 3. The molecule has 0 saturated carbocycles. The van der Waals surface area contributed by atoms with E-state index in [-0.39, 0.29) is 6.04 Å². The number of rotatable bonds is 4. The van der Waals surface area contributed by atoms with E-state index in [1.807, 2.05) is 18.5 Å². The third-order valence-corrected chi connectivity index (χ3v) is 4.77. The van der Waals surface area contributed by atoms with E-state index in [2.05, 4.69) is 39.3 Å². The largest absolute Gasteiger partial charge is 0.324 e. The van der Waals surface area contributed by atoms with Crippen molar-refractivity contribution < 1.29 is 0 Å². The van der Waals surface area contributed by atoms with Crippen LogP contribution in [-0.2, 0) is 12.8 Å². The number of hydrogen-bond donors (Lipinski definition) is 1. The van der Waals surface area contributed by atoms with Gasteiger partial charge in [0, 0.05) is 34.2 Å². The molecule has 2 aromatic heterocycles. The van der Waals surface area contributed by atoms with Gasteiger partial charge in [0.15, 0.2) is 0 Å². The molecule has 0 fully saturated rings. The lowest BCUT2D eigenvalue weighted by Crippen LogP contribution is -2.15. The van der Waals surface area contributed by atoms with Gasteiger partial charge in [0.25, 0.3) is 0 Å². The van der Waals surface area contributed by atoms with Crippen LogP contribution in [-0.4, -0.2) is 4.98 Å². The molecule has 0 radical (unpaired) electrons. The molecule has 2 rings (SSSR count). The summed E-state index contributed by atoms with van der Waals surface area (Å²) in [6.45, 7) is 2.13. The third-order valence-electron chi connectivity index (χ3n) is 2.82. The maximum atomic E-state index is 6.29. The van der Waals surface area contributed by atoms with Gasteiger partial charge in [0.2, 0.25) is 0 Å². The highest BCUT2D eigenvalue weighted by molar-refractivity contribution is 9.10. The van der Waals surface area contributed by atoms with E-state index < -0.39 is 0 Å². The summed E-state index contributed by atoms with van der Waals surface area (Å²) in [4.78, 5) is 5.45. The van der Waals surface area contributed by atoms with Crippen molar-refractivity contribution in [3.05, 3.63) is 50.4 Å². The molecule has 0 spiro atoms. The second-order valence-electron chi connectivity index (χ2n) is 3.93. The fourth-order valence-corrected chi connectivity index (χ4v) is 3.45. The van der Waals surface area contributed by atoms with Gasteiger partial charge in [-0.2, -0.15) is 0 Å². The van der Waals surface area contributed by atoms with Crippen LogP contribution in [0.15, 0.2) is 34.4 Å². The first-order chi connectivity index (χ1) is 8.22. The van der Waals surface area contributed by atoms with Gasteiger partial charge in [0.1, 0.15) is 0 Å². The van der Waals surface area contributed by atoms with Crippen LogP contribution >= 0.6 is 27.3 Å². The molecule has 0 aliphatic rings. The first kappa shape index (κ1) is 12.7. The molecule has 0 amide bonds. The summed E-state index contributed by atoms with van der Waals surface area (Å²) < 4.78 is 1.16. The number of aromatic nitrogens is 1. The van der Waals surface area contributed by atoms with Crippen LogP contribution < -0.4 is 5.73 Å². The normalized spacial score (nSPS) is 12.6. The molecule has 4 heteroatoms. The summed E-state index contributed by atoms with van der Waals surface area (Å²) >= 11 is 5.29. The molecule has 0 aromatic carbocycles. The van der Waals surface area contributed by atoms with Gasteiger partial charge in [-0.05, 0) is 51.0 Å². The number of halogens is 1. The number of nitrogens with two attached hydrogens (primary N) is 1. The number of nitrogens with zero attached hydrogens (tertiary/aromatic N) is 1. The Bertz CT molecular complexity index is 496. The smallest absolute Gasteiger partial charge is 0.0347 e. The van der Waals surface area contributed by atoms with Crippen molar-refractivity contribution in [2.24, 2.45) is 5.73 Å². The fourth-order valence-electron chi connectivity index (χ4n) is 1.88. The maximum Gasteiger partial charge on any atom is 0.0347 e. The molecule has 0 aliphatic carbocycles. The van der Waals surface area contributed by atoms with Gasteiger partial charge in [-0.3, -0.25) is 4.98 Å². The Morgan fingerprint density at radius 2 is 2.29 bits per heavy atom. The molecular formula is C13H15BrN2S. The Morgan fingerprint density at radius 3 is 2.94 bits per heavy atom. The Balaban J connectivity index is 2.20. The van der Waals surface area contributed by atoms with E-state index in [4.69, 9.17) is 5.73 Å². The molecule has 2 nitrogen and oxygen atoms in total. The van der Waals surface area contributed by atoms with Crippen molar-refractivity contribution in [2.45, 2.75) is 25.8 Å². The van der Waals surface area contributed by atoms with E-state index in [0.717, 1.165) is 17.3 Å². The monoisotopic (exact) mass is 310 g/mol. The van der Waals surface area contributed by atoms with Crippen LogP contribution in [0.5, 0.6) is 0 Å². The molecule has 0 bridgehead atoms. The zero-order valence-corrected chi connectivity index (χ0v) is 12.1. The van der Waals surface area contributed by atoms with E-state index in [0.29, 0.717) is 0 Å². The summed E-state index contributed by atoms with van der Waals surface area (Å²) in [5, 5.41) is 2.08. The van der Waals surface area contributed by atoms with E-state index in [9.17, 15) is 0 Å². The van der Waals surface area contributed by atoms with Gasteiger partial charge in [-0.15, -0.1) is 11.3 Å². The van der Waals surface area contributed by atoms with E-state index in [1.165, 1.54) is 16.0 Å². The Labute approximate surface area is 114 Å². The van der Waals surface area contributed by atoms with Crippen molar-refractivity contribution in [3.8, 4) is 0 Å². The molecule has 17 heavy (non-hydrogen) atoms. The molecule has 1 unspecified atom stereocenters. The number of thiophene rings is 1. The van der Waals surface area contributed by atoms with Gasteiger partial charge in [-0.1, -0.05) is 6.92 Å². The third kappa shape index (κ3) is 2.94. The second-order valence-corrected chi connectivity index (χ2v) is 5.79. The molecule has 90 valence electrons. The molecular weight excluding hydrogens is 296 g/mol. The molecule has 2 heterocycles. The van der Waals surface area contributed by atoms with Gasteiger partial charge in [0.05, 0.1) is 0 Å². The average molecular weight is 311 g/mol. The summed E-state index contributed by atoms with van der Waals surface area (Å²) in [5.74, 6) is 0. The summed E-state index contributed by atoms with van der Waals surface area (Å²) in [6, 6.07) is 4.15. The van der Waals surface area contributed by atoms with Crippen LogP contribution in [0.4, 0.5) is 0 Å². The zero-order chi connectivity index (χ0) is 12.3. The Hall–Kier alpha value is -0.710. The van der Waals surface area contributed by atoms with Crippen molar-refractivity contribution in [1.29, 1.82) is 0 Å². The van der Waals surface area contributed by atoms with Crippen LogP contribution in [0.1, 0.15) is 29.0 Å². The standard InChI is InChI=1S/C13H15BrN2S/c1-2-9-8-16-5-3-10(9)12(15)7-13-11(14)4-6-17-13/h3-6,8,12H,2,7,15H2,1H3. The van der Waals surface area contributed by atoms with Crippen molar-refractivity contribution >= 4 is 27.3 Å². The predicted octanol–water partition coefficient (Wildman–Crippen LogP) is 3.71. The highest BCUT2D eigenvalue weighted by Gasteiger charge is 2.13. The lowest BCUT2D eigenvalue weighted by Gasteiger charge is -2.14. The zero-order valence-electron chi connectivity index (χ0n) is 9.69. The quantitative estimate of drug-likeness (QED) is 0.935. The summed E-state index contributed by atoms with van der Waals surface area (Å²) in [6.07, 6.45) is 5.58. The molecule has 2 aromatic rings. The Kier molecular flexibility index (Phi) is 4.31. The first-order valence-corrected chi connectivity index (χ1v) is 7.30. The highest BCUT2D eigenvalue weighted by Crippen LogP contribution is 2.28.